The molecule has 0 saturated carbocycles. The zero-order chi connectivity index (χ0) is 24.7. The number of carbonyl (C=O) groups excluding carboxylic acids is 2. The second-order valence-electron chi connectivity index (χ2n) is 8.23. The van der Waals surface area contributed by atoms with Gasteiger partial charge in [0.25, 0.3) is 15.9 Å². The third-order valence-corrected chi connectivity index (χ3v) is 6.65. The number of carbonyl (C=O) groups is 2. The quantitative estimate of drug-likeness (QED) is 0.454. The predicted molar refractivity (Wildman–Crippen MR) is 135 cm³/mol. The number of amides is 1. The smallest absolute Gasteiger partial charge is 0.338 e. The van der Waals surface area contributed by atoms with Crippen LogP contribution in [0.5, 0.6) is 0 Å². The van der Waals surface area contributed by atoms with Crippen LogP contribution in [0.3, 0.4) is 0 Å². The average Bonchev–Trinajstić information content (AvgIpc) is 2.87. The molecule has 0 bridgehead atoms. The summed E-state index contributed by atoms with van der Waals surface area (Å²) in [5.41, 5.74) is 3.40. The Labute approximate surface area is 204 Å². The molecule has 3 aromatic rings. The summed E-state index contributed by atoms with van der Waals surface area (Å²) in [4.78, 5) is 24.9. The Morgan fingerprint density at radius 2 is 1.74 bits per heavy atom. The minimum Gasteiger partial charge on any atom is -0.452 e. The lowest BCUT2D eigenvalue weighted by atomic mass is 9.88. The number of benzene rings is 3. The average molecular weight is 491 g/mol. The summed E-state index contributed by atoms with van der Waals surface area (Å²) in [6, 6.07) is 22.8. The molecule has 1 aliphatic rings. The topological polar surface area (TPSA) is 102 Å². The Hall–Kier alpha value is -3.91. The minimum absolute atomic E-state index is 0.104. The molecule has 0 spiro atoms. The Kier molecular flexibility index (Phi) is 7.62. The molecule has 0 heterocycles. The van der Waals surface area contributed by atoms with Crippen molar-refractivity contribution in [3.63, 3.8) is 0 Å². The number of rotatable bonds is 8. The van der Waals surface area contributed by atoms with Crippen LogP contribution < -0.4 is 10.0 Å². The van der Waals surface area contributed by atoms with E-state index < -0.39 is 22.6 Å². The largest absolute Gasteiger partial charge is 0.452 e. The van der Waals surface area contributed by atoms with Gasteiger partial charge in [0.15, 0.2) is 6.61 Å². The molecule has 0 saturated heterocycles. The molecule has 0 fully saturated rings. The van der Waals surface area contributed by atoms with Crippen molar-refractivity contribution in [2.24, 2.45) is 0 Å². The maximum absolute atomic E-state index is 12.5. The van der Waals surface area contributed by atoms with E-state index in [1.165, 1.54) is 35.9 Å². The van der Waals surface area contributed by atoms with Gasteiger partial charge >= 0.3 is 5.97 Å². The lowest BCUT2D eigenvalue weighted by molar-refractivity contribution is -0.125. The van der Waals surface area contributed by atoms with Crippen LogP contribution in [-0.4, -0.2) is 26.9 Å². The van der Waals surface area contributed by atoms with Crippen molar-refractivity contribution in [1.82, 2.24) is 5.32 Å². The van der Waals surface area contributed by atoms with Gasteiger partial charge in [0, 0.05) is 5.69 Å². The van der Waals surface area contributed by atoms with Gasteiger partial charge in [-0.3, -0.25) is 9.52 Å². The third-order valence-electron chi connectivity index (χ3n) is 5.64. The highest BCUT2D eigenvalue weighted by Crippen LogP contribution is 2.29. The van der Waals surface area contributed by atoms with Gasteiger partial charge in [0.2, 0.25) is 0 Å². The first-order valence-corrected chi connectivity index (χ1v) is 12.8. The first-order valence-electron chi connectivity index (χ1n) is 11.3. The Morgan fingerprint density at radius 3 is 2.57 bits per heavy atom. The van der Waals surface area contributed by atoms with Crippen molar-refractivity contribution in [2.45, 2.75) is 25.3 Å². The number of anilines is 1. The number of esters is 1. The summed E-state index contributed by atoms with van der Waals surface area (Å²) in [5, 5.41) is 3.99. The summed E-state index contributed by atoms with van der Waals surface area (Å²) in [6.07, 6.45) is 4.27. The van der Waals surface area contributed by atoms with Crippen molar-refractivity contribution in [3.8, 4) is 0 Å². The molecule has 180 valence electrons. The predicted octanol–water partition coefficient (Wildman–Crippen LogP) is 4.45. The van der Waals surface area contributed by atoms with E-state index in [0.717, 1.165) is 35.8 Å². The molecule has 1 aliphatic carbocycles. The third kappa shape index (κ3) is 6.80. The van der Waals surface area contributed by atoms with Crippen molar-refractivity contribution in [2.75, 3.05) is 11.3 Å². The molecule has 1 unspecified atom stereocenters. The minimum atomic E-state index is -3.79. The van der Waals surface area contributed by atoms with Crippen LogP contribution in [0.4, 0.5) is 5.69 Å². The second kappa shape index (κ2) is 11.0. The van der Waals surface area contributed by atoms with Crippen molar-refractivity contribution < 1.29 is 22.7 Å². The fourth-order valence-electron chi connectivity index (χ4n) is 3.99. The maximum atomic E-state index is 12.5. The van der Waals surface area contributed by atoms with Gasteiger partial charge < -0.3 is 10.1 Å². The van der Waals surface area contributed by atoms with Gasteiger partial charge in [-0.05, 0) is 60.2 Å². The van der Waals surface area contributed by atoms with E-state index in [4.69, 9.17) is 4.74 Å². The molecular formula is C27H26N2O5S. The molecule has 4 rings (SSSR count). The first kappa shape index (κ1) is 24.2. The van der Waals surface area contributed by atoms with Gasteiger partial charge in [-0.15, -0.1) is 0 Å². The van der Waals surface area contributed by atoms with Crippen molar-refractivity contribution >= 4 is 33.7 Å². The summed E-state index contributed by atoms with van der Waals surface area (Å²) >= 11 is 0. The molecule has 35 heavy (non-hydrogen) atoms. The highest BCUT2D eigenvalue weighted by Gasteiger charge is 2.22. The molecule has 0 aliphatic heterocycles. The van der Waals surface area contributed by atoms with Crippen LogP contribution in [0.2, 0.25) is 0 Å². The molecule has 2 N–H and O–H groups in total. The van der Waals surface area contributed by atoms with Crippen molar-refractivity contribution in [3.05, 3.63) is 107 Å². The Bertz CT molecular complexity index is 1340. The monoisotopic (exact) mass is 490 g/mol. The molecule has 1 amide bonds. The molecule has 8 heteroatoms. The van der Waals surface area contributed by atoms with E-state index >= 15 is 0 Å². The van der Waals surface area contributed by atoms with E-state index in [-0.39, 0.29) is 23.2 Å². The van der Waals surface area contributed by atoms with E-state index in [2.05, 4.69) is 16.1 Å². The fourth-order valence-corrected chi connectivity index (χ4v) is 4.85. The van der Waals surface area contributed by atoms with Gasteiger partial charge in [0.1, 0.15) is 0 Å². The Balaban J connectivity index is 1.32. The normalized spacial score (nSPS) is 15.3. The van der Waals surface area contributed by atoms with Gasteiger partial charge in [0.05, 0.1) is 17.0 Å². The number of hydrogen-bond donors (Lipinski definition) is 2. The van der Waals surface area contributed by atoms with Crippen LogP contribution in [0.1, 0.15) is 45.9 Å². The van der Waals surface area contributed by atoms with E-state index in [0.29, 0.717) is 0 Å². The maximum Gasteiger partial charge on any atom is 0.338 e. The van der Waals surface area contributed by atoms with Crippen LogP contribution >= 0.6 is 0 Å². The van der Waals surface area contributed by atoms with Crippen LogP contribution in [0.25, 0.3) is 6.08 Å². The van der Waals surface area contributed by atoms with E-state index in [1.807, 2.05) is 36.4 Å². The number of fused-ring (bicyclic) bond motifs is 1. The number of ether oxygens (including phenoxy) is 1. The van der Waals surface area contributed by atoms with Crippen LogP contribution in [-0.2, 0) is 26.0 Å². The second-order valence-corrected chi connectivity index (χ2v) is 9.79. The fraction of sp³-hybridized carbons (Fsp3) is 0.185. The first-order chi connectivity index (χ1) is 16.9. The van der Waals surface area contributed by atoms with Crippen molar-refractivity contribution in [1.29, 1.82) is 0 Å². The summed E-state index contributed by atoms with van der Waals surface area (Å²) in [7, 11) is -3.79. The van der Waals surface area contributed by atoms with E-state index in [9.17, 15) is 18.0 Å². The van der Waals surface area contributed by atoms with Crippen LogP contribution in [0.15, 0.2) is 84.3 Å². The van der Waals surface area contributed by atoms with E-state index in [1.54, 1.807) is 12.1 Å². The highest BCUT2D eigenvalue weighted by molar-refractivity contribution is 7.95. The molecule has 7 nitrogen and oxygen atoms in total. The SMILES string of the molecule is O=C(COC(=O)c1cccc(NS(=O)(=O)C=Cc2ccccc2)c1)NC1CCCc2ccccc21. The zero-order valence-corrected chi connectivity index (χ0v) is 19.8. The molecular weight excluding hydrogens is 464 g/mol. The lowest BCUT2D eigenvalue weighted by Crippen LogP contribution is -2.34. The van der Waals surface area contributed by atoms with Gasteiger partial charge in [-0.2, -0.15) is 0 Å². The molecule has 0 radical (unpaired) electrons. The van der Waals surface area contributed by atoms with Gasteiger partial charge in [-0.1, -0.05) is 60.7 Å². The number of nitrogens with one attached hydrogen (secondary N) is 2. The summed E-state index contributed by atoms with van der Waals surface area (Å²) in [6.45, 7) is -0.423. The Morgan fingerprint density at radius 1 is 0.971 bits per heavy atom. The summed E-state index contributed by atoms with van der Waals surface area (Å²) < 4.78 is 32.3. The van der Waals surface area contributed by atoms with Gasteiger partial charge in [-0.25, -0.2) is 13.2 Å². The zero-order valence-electron chi connectivity index (χ0n) is 19.0. The number of sulfonamides is 1. The lowest BCUT2D eigenvalue weighted by Gasteiger charge is -2.26. The molecule has 0 aromatic heterocycles. The molecule has 1 atom stereocenters. The summed E-state index contributed by atoms with van der Waals surface area (Å²) in [5.74, 6) is -1.10. The number of hydrogen-bond acceptors (Lipinski definition) is 5. The van der Waals surface area contributed by atoms with Crippen LogP contribution in [0, 0.1) is 0 Å². The highest BCUT2D eigenvalue weighted by atomic mass is 32.2. The standard InChI is InChI=1S/C27H26N2O5S/c30-26(28-25-15-7-11-21-10-4-5-14-24(21)25)19-34-27(31)22-12-6-13-23(18-22)29-35(32,33)17-16-20-8-2-1-3-9-20/h1-6,8-10,12-14,16-18,25,29H,7,11,15,19H2,(H,28,30). The molecule has 3 aromatic carbocycles. The number of aryl methyl sites for hydroxylation is 1.